The zero-order valence-electron chi connectivity index (χ0n) is 8.82. The van der Waals surface area contributed by atoms with E-state index in [1.165, 1.54) is 12.1 Å². The van der Waals surface area contributed by atoms with Crippen molar-refractivity contribution in [3.8, 4) is 11.5 Å². The summed E-state index contributed by atoms with van der Waals surface area (Å²) in [6.07, 6.45) is 0.362. The van der Waals surface area contributed by atoms with E-state index in [2.05, 4.69) is 5.32 Å². The third-order valence-corrected chi connectivity index (χ3v) is 2.34. The summed E-state index contributed by atoms with van der Waals surface area (Å²) >= 11 is 0. The molecule has 0 heterocycles. The number of nitrogens with one attached hydrogen (secondary N) is 1. The number of hydrogen-bond donors (Lipinski definition) is 3. The van der Waals surface area contributed by atoms with Crippen LogP contribution >= 0.6 is 0 Å². The summed E-state index contributed by atoms with van der Waals surface area (Å²) in [4.78, 5) is 11.1. The summed E-state index contributed by atoms with van der Waals surface area (Å²) in [6.45, 7) is 1.89. The molecule has 0 bridgehead atoms. The van der Waals surface area contributed by atoms with Crippen LogP contribution in [0.2, 0.25) is 0 Å². The van der Waals surface area contributed by atoms with Crippen LogP contribution in [0.4, 0.5) is 0 Å². The molecule has 0 saturated heterocycles. The van der Waals surface area contributed by atoms with Gasteiger partial charge in [-0.15, -0.1) is 0 Å². The average molecular weight is 209 g/mol. The van der Waals surface area contributed by atoms with Crippen molar-refractivity contribution in [2.45, 2.75) is 19.3 Å². The van der Waals surface area contributed by atoms with Gasteiger partial charge in [-0.05, 0) is 23.6 Å². The molecule has 0 aromatic heterocycles. The first-order valence-electron chi connectivity index (χ1n) is 4.77. The van der Waals surface area contributed by atoms with Crippen molar-refractivity contribution in [3.05, 3.63) is 23.8 Å². The molecule has 0 aliphatic heterocycles. The predicted molar refractivity (Wildman–Crippen MR) is 56.9 cm³/mol. The first-order chi connectivity index (χ1) is 7.04. The van der Waals surface area contributed by atoms with Crippen LogP contribution in [0.15, 0.2) is 18.2 Å². The van der Waals surface area contributed by atoms with Gasteiger partial charge in [0.05, 0.1) is 0 Å². The standard InChI is InChI=1S/C11H15NO3/c1-7(5-11(15)12-2)8-3-4-9(13)10(14)6-8/h3-4,6-7,13-14H,5H2,1-2H3,(H,12,15)/t7-/m1/s1. The molecule has 1 aromatic carbocycles. The second-order valence-corrected chi connectivity index (χ2v) is 3.53. The smallest absolute Gasteiger partial charge is 0.220 e. The average Bonchev–Trinajstić information content (AvgIpc) is 2.21. The maximum atomic E-state index is 11.1. The number of rotatable bonds is 3. The lowest BCUT2D eigenvalue weighted by atomic mass is 9.97. The molecule has 15 heavy (non-hydrogen) atoms. The maximum absolute atomic E-state index is 11.1. The quantitative estimate of drug-likeness (QED) is 0.658. The van der Waals surface area contributed by atoms with Gasteiger partial charge in [-0.25, -0.2) is 0 Å². The van der Waals surface area contributed by atoms with Crippen LogP contribution in [0.5, 0.6) is 11.5 Å². The van der Waals surface area contributed by atoms with Crippen LogP contribution in [0.25, 0.3) is 0 Å². The van der Waals surface area contributed by atoms with E-state index in [4.69, 9.17) is 5.11 Å². The maximum Gasteiger partial charge on any atom is 0.220 e. The molecule has 3 N–H and O–H groups in total. The summed E-state index contributed by atoms with van der Waals surface area (Å²) in [6, 6.07) is 4.59. The van der Waals surface area contributed by atoms with Crippen LogP contribution in [-0.4, -0.2) is 23.2 Å². The van der Waals surface area contributed by atoms with Gasteiger partial charge < -0.3 is 15.5 Å². The number of phenolic OH excluding ortho intramolecular Hbond substituents is 2. The lowest BCUT2D eigenvalue weighted by Gasteiger charge is -2.11. The Morgan fingerprint density at radius 3 is 2.60 bits per heavy atom. The van der Waals surface area contributed by atoms with Crippen LogP contribution in [0.3, 0.4) is 0 Å². The van der Waals surface area contributed by atoms with Crippen LogP contribution in [0, 0.1) is 0 Å². The Hall–Kier alpha value is -1.71. The van der Waals surface area contributed by atoms with Crippen LogP contribution in [0.1, 0.15) is 24.8 Å². The number of benzene rings is 1. The van der Waals surface area contributed by atoms with Gasteiger partial charge in [-0.3, -0.25) is 4.79 Å². The number of carbonyl (C=O) groups is 1. The van der Waals surface area contributed by atoms with Crippen molar-refractivity contribution in [2.75, 3.05) is 7.05 Å². The molecule has 4 heteroatoms. The van der Waals surface area contributed by atoms with Gasteiger partial charge >= 0.3 is 0 Å². The number of aromatic hydroxyl groups is 2. The normalized spacial score (nSPS) is 12.1. The highest BCUT2D eigenvalue weighted by Crippen LogP contribution is 2.29. The van der Waals surface area contributed by atoms with E-state index in [9.17, 15) is 9.90 Å². The lowest BCUT2D eigenvalue weighted by Crippen LogP contribution is -2.19. The summed E-state index contributed by atoms with van der Waals surface area (Å²) in [7, 11) is 1.59. The molecule has 0 aliphatic carbocycles. The van der Waals surface area contributed by atoms with Gasteiger partial charge in [0.2, 0.25) is 5.91 Å². The third-order valence-electron chi connectivity index (χ3n) is 2.34. The zero-order valence-corrected chi connectivity index (χ0v) is 8.82. The van der Waals surface area contributed by atoms with Gasteiger partial charge in [0.15, 0.2) is 11.5 Å². The number of amides is 1. The molecule has 82 valence electrons. The monoisotopic (exact) mass is 209 g/mol. The van der Waals surface area contributed by atoms with E-state index in [0.717, 1.165) is 5.56 Å². The largest absolute Gasteiger partial charge is 0.504 e. The Morgan fingerprint density at radius 1 is 1.40 bits per heavy atom. The molecule has 1 amide bonds. The van der Waals surface area contributed by atoms with Crippen LogP contribution < -0.4 is 5.32 Å². The van der Waals surface area contributed by atoms with Gasteiger partial charge in [0, 0.05) is 13.5 Å². The fourth-order valence-electron chi connectivity index (χ4n) is 1.34. The second kappa shape index (κ2) is 4.68. The Balaban J connectivity index is 2.78. The predicted octanol–water partition coefficient (Wildman–Crippen LogP) is 1.34. The van der Waals surface area contributed by atoms with Crippen molar-refractivity contribution in [1.29, 1.82) is 0 Å². The molecule has 0 aliphatic rings. The van der Waals surface area contributed by atoms with Crippen molar-refractivity contribution in [2.24, 2.45) is 0 Å². The van der Waals surface area contributed by atoms with Gasteiger partial charge in [-0.2, -0.15) is 0 Å². The number of carbonyl (C=O) groups excluding carboxylic acids is 1. The summed E-state index contributed by atoms with van der Waals surface area (Å²) < 4.78 is 0. The Labute approximate surface area is 88.6 Å². The summed E-state index contributed by atoms with van der Waals surface area (Å²) in [5, 5.41) is 21.0. The topological polar surface area (TPSA) is 69.6 Å². The molecule has 0 radical (unpaired) electrons. The van der Waals surface area contributed by atoms with E-state index >= 15 is 0 Å². The summed E-state index contributed by atoms with van der Waals surface area (Å²) in [5.41, 5.74) is 0.828. The van der Waals surface area contributed by atoms with Crippen molar-refractivity contribution < 1.29 is 15.0 Å². The molecule has 0 unspecified atom stereocenters. The Bertz CT molecular complexity index is 363. The van der Waals surface area contributed by atoms with E-state index < -0.39 is 0 Å². The Morgan fingerprint density at radius 2 is 2.07 bits per heavy atom. The number of phenols is 2. The minimum Gasteiger partial charge on any atom is -0.504 e. The fourth-order valence-corrected chi connectivity index (χ4v) is 1.34. The van der Waals surface area contributed by atoms with E-state index in [1.54, 1.807) is 13.1 Å². The minimum absolute atomic E-state index is 0.0106. The molecule has 0 spiro atoms. The zero-order chi connectivity index (χ0) is 11.4. The highest BCUT2D eigenvalue weighted by atomic mass is 16.3. The van der Waals surface area contributed by atoms with Gasteiger partial charge in [0.25, 0.3) is 0 Å². The lowest BCUT2D eigenvalue weighted by molar-refractivity contribution is -0.120. The van der Waals surface area contributed by atoms with Crippen molar-refractivity contribution >= 4 is 5.91 Å². The van der Waals surface area contributed by atoms with Gasteiger partial charge in [-0.1, -0.05) is 13.0 Å². The number of hydrogen-bond acceptors (Lipinski definition) is 3. The molecule has 1 rings (SSSR count). The van der Waals surface area contributed by atoms with Gasteiger partial charge in [0.1, 0.15) is 0 Å². The summed E-state index contributed by atoms with van der Waals surface area (Å²) in [5.74, 6) is -0.339. The fraction of sp³-hybridized carbons (Fsp3) is 0.364. The Kier molecular flexibility index (Phi) is 3.55. The highest BCUT2D eigenvalue weighted by Gasteiger charge is 2.11. The molecule has 0 fully saturated rings. The first-order valence-corrected chi connectivity index (χ1v) is 4.77. The van der Waals surface area contributed by atoms with E-state index in [-0.39, 0.29) is 23.3 Å². The SMILES string of the molecule is CNC(=O)C[C@@H](C)c1ccc(O)c(O)c1. The second-order valence-electron chi connectivity index (χ2n) is 3.53. The highest BCUT2D eigenvalue weighted by molar-refractivity contribution is 5.76. The molecular formula is C11H15NO3. The third kappa shape index (κ3) is 2.87. The van der Waals surface area contributed by atoms with E-state index in [1.807, 2.05) is 6.92 Å². The van der Waals surface area contributed by atoms with Crippen molar-refractivity contribution in [1.82, 2.24) is 5.32 Å². The molecular weight excluding hydrogens is 194 g/mol. The van der Waals surface area contributed by atoms with Crippen molar-refractivity contribution in [3.63, 3.8) is 0 Å². The molecule has 0 saturated carbocycles. The molecule has 4 nitrogen and oxygen atoms in total. The molecule has 1 aromatic rings. The van der Waals surface area contributed by atoms with E-state index in [0.29, 0.717) is 6.42 Å². The molecule has 1 atom stereocenters. The first kappa shape index (κ1) is 11.4. The van der Waals surface area contributed by atoms with Crippen LogP contribution in [-0.2, 0) is 4.79 Å². The minimum atomic E-state index is -0.156.